The van der Waals surface area contributed by atoms with Crippen molar-refractivity contribution in [3.8, 4) is 0 Å². The Morgan fingerprint density at radius 3 is 2.33 bits per heavy atom. The van der Waals surface area contributed by atoms with E-state index in [9.17, 15) is 9.90 Å². The Morgan fingerprint density at radius 1 is 0.933 bits per heavy atom. The van der Waals surface area contributed by atoms with Crippen LogP contribution in [-0.4, -0.2) is 17.0 Å². The highest BCUT2D eigenvalue weighted by Crippen LogP contribution is 2.67. The third kappa shape index (κ3) is 3.61. The van der Waals surface area contributed by atoms with E-state index in [0.717, 1.165) is 55.3 Å². The van der Waals surface area contributed by atoms with E-state index in [1.807, 2.05) is 0 Å². The van der Waals surface area contributed by atoms with Gasteiger partial charge in [-0.05, 0) is 97.2 Å². The largest absolute Gasteiger partial charge is 0.393 e. The number of carbonyl (C=O) groups excluding carboxylic acids is 1. The summed E-state index contributed by atoms with van der Waals surface area (Å²) in [6.45, 7) is 14.6. The van der Waals surface area contributed by atoms with Crippen molar-refractivity contribution in [1.29, 1.82) is 0 Å². The van der Waals surface area contributed by atoms with Gasteiger partial charge in [0.05, 0.1) is 6.10 Å². The Labute approximate surface area is 186 Å². The molecule has 4 saturated carbocycles. The van der Waals surface area contributed by atoms with Gasteiger partial charge in [0.15, 0.2) is 0 Å². The van der Waals surface area contributed by atoms with Crippen LogP contribution >= 0.6 is 0 Å². The summed E-state index contributed by atoms with van der Waals surface area (Å²) in [5.41, 5.74) is 0.480. The first kappa shape index (κ1) is 22.8. The van der Waals surface area contributed by atoms with E-state index >= 15 is 0 Å². The van der Waals surface area contributed by atoms with Crippen LogP contribution in [0.4, 0.5) is 0 Å². The molecule has 0 aliphatic heterocycles. The zero-order valence-electron chi connectivity index (χ0n) is 20.6. The average Bonchev–Trinajstić information content (AvgIpc) is 3.02. The van der Waals surface area contributed by atoms with Crippen molar-refractivity contribution < 1.29 is 9.90 Å². The molecule has 0 saturated heterocycles. The van der Waals surface area contributed by atoms with Gasteiger partial charge >= 0.3 is 0 Å². The summed E-state index contributed by atoms with van der Waals surface area (Å²) in [4.78, 5) is 13.3. The van der Waals surface area contributed by atoms with E-state index in [-0.39, 0.29) is 17.4 Å². The van der Waals surface area contributed by atoms with Crippen molar-refractivity contribution in [2.45, 2.75) is 112 Å². The summed E-state index contributed by atoms with van der Waals surface area (Å²) in [6, 6.07) is 0. The summed E-state index contributed by atoms with van der Waals surface area (Å²) in [5, 5.41) is 10.5. The predicted octanol–water partition coefficient (Wildman–Crippen LogP) is 6.89. The van der Waals surface area contributed by atoms with Crippen LogP contribution in [0, 0.1) is 58.2 Å². The molecular weight excluding hydrogens is 368 g/mol. The molecule has 0 spiro atoms. The van der Waals surface area contributed by atoms with E-state index in [1.54, 1.807) is 0 Å². The molecule has 1 N–H and O–H groups in total. The minimum atomic E-state index is -0.189. The second kappa shape index (κ2) is 8.20. The molecule has 0 amide bonds. The fourth-order valence-electron chi connectivity index (χ4n) is 9.18. The molecule has 0 radical (unpaired) electrons. The number of hydrogen-bond donors (Lipinski definition) is 1. The lowest BCUT2D eigenvalue weighted by atomic mass is 9.44. The first-order valence-corrected chi connectivity index (χ1v) is 13.3. The van der Waals surface area contributed by atoms with Gasteiger partial charge in [-0.15, -0.1) is 0 Å². The van der Waals surface area contributed by atoms with Gasteiger partial charge in [0.25, 0.3) is 0 Å². The molecule has 0 bridgehead atoms. The van der Waals surface area contributed by atoms with E-state index in [0.29, 0.717) is 23.0 Å². The molecule has 4 rings (SSSR count). The van der Waals surface area contributed by atoms with Crippen LogP contribution in [-0.2, 0) is 4.79 Å². The monoisotopic (exact) mass is 416 g/mol. The molecular formula is C28H48O2. The van der Waals surface area contributed by atoms with Gasteiger partial charge in [-0.2, -0.15) is 0 Å². The number of aliphatic hydroxyl groups is 1. The molecule has 0 heterocycles. The summed E-state index contributed by atoms with van der Waals surface area (Å²) in [5.74, 6) is 5.96. The van der Waals surface area contributed by atoms with Crippen LogP contribution in [0.3, 0.4) is 0 Å². The molecule has 4 fully saturated rings. The second-order valence-corrected chi connectivity index (χ2v) is 13.0. The van der Waals surface area contributed by atoms with Crippen molar-refractivity contribution in [2.24, 2.45) is 58.2 Å². The lowest BCUT2D eigenvalue weighted by Gasteiger charge is -2.60. The van der Waals surface area contributed by atoms with Crippen molar-refractivity contribution in [3.63, 3.8) is 0 Å². The zero-order chi connectivity index (χ0) is 21.8. The first-order valence-electron chi connectivity index (χ1n) is 13.3. The molecule has 4 aliphatic carbocycles. The molecule has 2 unspecified atom stereocenters. The highest BCUT2D eigenvalue weighted by atomic mass is 16.3. The Kier molecular flexibility index (Phi) is 6.23. The van der Waals surface area contributed by atoms with E-state index < -0.39 is 0 Å². The van der Waals surface area contributed by atoms with Gasteiger partial charge in [-0.25, -0.2) is 0 Å². The zero-order valence-corrected chi connectivity index (χ0v) is 20.6. The normalized spacial score (nSPS) is 48.1. The third-order valence-corrected chi connectivity index (χ3v) is 11.3. The van der Waals surface area contributed by atoms with Gasteiger partial charge < -0.3 is 5.11 Å². The third-order valence-electron chi connectivity index (χ3n) is 11.3. The Morgan fingerprint density at radius 2 is 1.63 bits per heavy atom. The predicted molar refractivity (Wildman–Crippen MR) is 124 cm³/mol. The van der Waals surface area contributed by atoms with Crippen LogP contribution in [0.25, 0.3) is 0 Å². The number of hydrogen-bond acceptors (Lipinski definition) is 2. The van der Waals surface area contributed by atoms with Crippen molar-refractivity contribution in [3.05, 3.63) is 0 Å². The summed E-state index contributed by atoms with van der Waals surface area (Å²) in [7, 11) is 0. The van der Waals surface area contributed by atoms with Gasteiger partial charge in [-0.1, -0.05) is 54.4 Å². The second-order valence-electron chi connectivity index (χ2n) is 13.0. The molecule has 10 atom stereocenters. The molecule has 30 heavy (non-hydrogen) atoms. The molecule has 0 aromatic carbocycles. The van der Waals surface area contributed by atoms with Crippen molar-refractivity contribution >= 4 is 5.78 Å². The molecule has 2 heteroatoms. The van der Waals surface area contributed by atoms with Crippen LogP contribution in [0.2, 0.25) is 0 Å². The summed E-state index contributed by atoms with van der Waals surface area (Å²) < 4.78 is 0. The number of fused-ring (bicyclic) bond motifs is 5. The van der Waals surface area contributed by atoms with E-state index in [1.165, 1.54) is 38.5 Å². The van der Waals surface area contributed by atoms with Crippen LogP contribution < -0.4 is 0 Å². The van der Waals surface area contributed by atoms with Crippen LogP contribution in [0.15, 0.2) is 0 Å². The Hall–Kier alpha value is -0.370. The maximum atomic E-state index is 13.3. The minimum absolute atomic E-state index is 0.0510. The number of ketones is 1. The molecule has 0 aromatic rings. The van der Waals surface area contributed by atoms with Crippen LogP contribution in [0.5, 0.6) is 0 Å². The van der Waals surface area contributed by atoms with Gasteiger partial charge in [0.1, 0.15) is 5.78 Å². The van der Waals surface area contributed by atoms with Crippen molar-refractivity contribution in [1.82, 2.24) is 0 Å². The standard InChI is InChI=1S/C28H48O2/c1-17(2)18(3)7-8-19(4)22-11-12-23-21-15-26(30)25-10-9-20(29)16-28(25,6)24(21)13-14-27(22,23)5/h17-25,29H,7-16H2,1-6H3/t18?,19?,20-,21-,22+,23-,24-,25+,27+,28+/m0/s1. The lowest BCUT2D eigenvalue weighted by Crippen LogP contribution is -2.57. The number of rotatable bonds is 5. The smallest absolute Gasteiger partial charge is 0.136 e. The average molecular weight is 417 g/mol. The Bertz CT molecular complexity index is 641. The number of aliphatic hydroxyl groups excluding tert-OH is 1. The quantitative estimate of drug-likeness (QED) is 0.529. The highest BCUT2D eigenvalue weighted by molar-refractivity contribution is 5.83. The van der Waals surface area contributed by atoms with E-state index in [2.05, 4.69) is 41.5 Å². The summed E-state index contributed by atoms with van der Waals surface area (Å²) in [6.07, 6.45) is 11.3. The number of carbonyl (C=O) groups is 1. The molecule has 0 aromatic heterocycles. The molecule has 2 nitrogen and oxygen atoms in total. The van der Waals surface area contributed by atoms with Gasteiger partial charge in [-0.3, -0.25) is 4.79 Å². The highest BCUT2D eigenvalue weighted by Gasteiger charge is 2.62. The topological polar surface area (TPSA) is 37.3 Å². The van der Waals surface area contributed by atoms with Crippen LogP contribution in [0.1, 0.15) is 106 Å². The minimum Gasteiger partial charge on any atom is -0.393 e. The fraction of sp³-hybridized carbons (Fsp3) is 0.964. The maximum absolute atomic E-state index is 13.3. The van der Waals surface area contributed by atoms with Crippen molar-refractivity contribution in [2.75, 3.05) is 0 Å². The molecule has 4 aliphatic rings. The first-order chi connectivity index (χ1) is 14.1. The summed E-state index contributed by atoms with van der Waals surface area (Å²) >= 11 is 0. The number of Topliss-reactive ketones (excluding diaryl/α,β-unsaturated/α-hetero) is 1. The maximum Gasteiger partial charge on any atom is 0.136 e. The fourth-order valence-corrected chi connectivity index (χ4v) is 9.18. The Balaban J connectivity index is 1.51. The van der Waals surface area contributed by atoms with Gasteiger partial charge in [0.2, 0.25) is 0 Å². The molecule has 172 valence electrons. The van der Waals surface area contributed by atoms with Gasteiger partial charge in [0, 0.05) is 12.3 Å². The lowest BCUT2D eigenvalue weighted by molar-refractivity contribution is -0.160. The SMILES string of the molecule is CC(C)C(C)CCC(C)[C@H]1CC[C@H]2[C@@H]3CC(=O)[C@H]4CC[C@H](O)C[C@]4(C)[C@H]3CC[C@]12C. The van der Waals surface area contributed by atoms with E-state index in [4.69, 9.17) is 0 Å².